The zero-order valence-electron chi connectivity index (χ0n) is 21.7. The summed E-state index contributed by atoms with van der Waals surface area (Å²) in [6, 6.07) is 12.1. The molecule has 3 aromatic rings. The lowest BCUT2D eigenvalue weighted by Gasteiger charge is -2.18. The molecule has 5 N–H and O–H groups in total. The van der Waals surface area contributed by atoms with Crippen molar-refractivity contribution in [2.45, 2.75) is 27.3 Å². The number of hydrogen-bond donors (Lipinski definition) is 5. The van der Waals surface area contributed by atoms with Crippen LogP contribution in [0.1, 0.15) is 25.0 Å². The first kappa shape index (κ1) is 30.2. The molecule has 0 unspecified atom stereocenters. The number of halogens is 1. The average Bonchev–Trinajstić information content (AvgIpc) is 2.90. The van der Waals surface area contributed by atoms with Gasteiger partial charge < -0.3 is 30.4 Å². The number of nitrogens with one attached hydrogen (secondary N) is 3. The van der Waals surface area contributed by atoms with Crippen molar-refractivity contribution in [3.05, 3.63) is 77.9 Å². The van der Waals surface area contributed by atoms with Gasteiger partial charge in [0.15, 0.2) is 0 Å². The number of aromatic hydroxyl groups is 1. The van der Waals surface area contributed by atoms with E-state index < -0.39 is 23.2 Å². The molecular formula is C27H30FN5O6. The van der Waals surface area contributed by atoms with Crippen LogP contribution in [0.15, 0.2) is 65.9 Å². The molecule has 0 saturated carbocycles. The van der Waals surface area contributed by atoms with E-state index in [1.54, 1.807) is 37.3 Å². The summed E-state index contributed by atoms with van der Waals surface area (Å²) in [6.45, 7) is 6.93. The van der Waals surface area contributed by atoms with Crippen LogP contribution in [-0.4, -0.2) is 46.5 Å². The molecule has 2 aromatic carbocycles. The fraction of sp³-hybridized carbons (Fsp3) is 0.222. The predicted octanol–water partition coefficient (Wildman–Crippen LogP) is 4.22. The first-order valence-corrected chi connectivity index (χ1v) is 11.6. The maximum atomic E-state index is 13.4. The predicted molar refractivity (Wildman–Crippen MR) is 143 cm³/mol. The number of pyridine rings is 1. The number of carbonyl (C=O) groups excluding carboxylic acids is 2. The highest BCUT2D eigenvalue weighted by Crippen LogP contribution is 2.27. The second-order valence-corrected chi connectivity index (χ2v) is 8.87. The highest BCUT2D eigenvalue weighted by molar-refractivity contribution is 6.03. The van der Waals surface area contributed by atoms with E-state index in [1.807, 2.05) is 6.79 Å². The fourth-order valence-electron chi connectivity index (χ4n) is 2.96. The highest BCUT2D eigenvalue weighted by Gasteiger charge is 2.27. The van der Waals surface area contributed by atoms with Gasteiger partial charge in [-0.25, -0.2) is 9.18 Å². The largest absolute Gasteiger partial charge is 0.508 e. The third kappa shape index (κ3) is 9.76. The van der Waals surface area contributed by atoms with E-state index in [9.17, 15) is 24.2 Å². The SMILES string of the molecule is C=O.Cc1cc(NC(=NCC(C)(C)C(=O)O)NC(=O)NCc2ccc(O)cc2)ccc1Oc1cncc(F)c1. The summed E-state index contributed by atoms with van der Waals surface area (Å²) in [6.07, 6.45) is 2.47. The van der Waals surface area contributed by atoms with Crippen LogP contribution in [-0.2, 0) is 16.1 Å². The Morgan fingerprint density at radius 3 is 2.41 bits per heavy atom. The monoisotopic (exact) mass is 539 g/mol. The number of phenolic OH excluding ortho intramolecular Hbond substituents is 1. The Morgan fingerprint density at radius 1 is 1.10 bits per heavy atom. The zero-order valence-corrected chi connectivity index (χ0v) is 21.7. The van der Waals surface area contributed by atoms with Crippen molar-refractivity contribution in [1.82, 2.24) is 15.6 Å². The first-order chi connectivity index (χ1) is 18.5. The Balaban J connectivity index is 0.00000260. The van der Waals surface area contributed by atoms with Gasteiger partial charge in [0.1, 0.15) is 29.9 Å². The summed E-state index contributed by atoms with van der Waals surface area (Å²) in [5.74, 6) is -0.672. The van der Waals surface area contributed by atoms with Crippen molar-refractivity contribution in [2.24, 2.45) is 10.4 Å². The van der Waals surface area contributed by atoms with Crippen LogP contribution in [0.3, 0.4) is 0 Å². The molecule has 0 saturated heterocycles. The smallest absolute Gasteiger partial charge is 0.321 e. The third-order valence-electron chi connectivity index (χ3n) is 5.18. The minimum Gasteiger partial charge on any atom is -0.508 e. The van der Waals surface area contributed by atoms with E-state index in [-0.39, 0.29) is 30.5 Å². The van der Waals surface area contributed by atoms with Gasteiger partial charge in [0.2, 0.25) is 5.96 Å². The van der Waals surface area contributed by atoms with Gasteiger partial charge in [-0.2, -0.15) is 0 Å². The second kappa shape index (κ2) is 14.1. The molecule has 0 aliphatic heterocycles. The van der Waals surface area contributed by atoms with E-state index in [2.05, 4.69) is 25.9 Å². The normalized spacial score (nSPS) is 11.0. The molecule has 0 fully saturated rings. The van der Waals surface area contributed by atoms with E-state index in [0.29, 0.717) is 17.0 Å². The van der Waals surface area contributed by atoms with Crippen molar-refractivity contribution in [3.8, 4) is 17.2 Å². The molecular weight excluding hydrogens is 509 g/mol. The minimum absolute atomic E-state index is 0.0416. The number of guanidine groups is 1. The van der Waals surface area contributed by atoms with Gasteiger partial charge >= 0.3 is 12.0 Å². The fourth-order valence-corrected chi connectivity index (χ4v) is 2.96. The molecule has 0 aliphatic rings. The number of carbonyl (C=O) groups is 3. The lowest BCUT2D eigenvalue weighted by atomic mass is 9.94. The molecule has 39 heavy (non-hydrogen) atoms. The average molecular weight is 540 g/mol. The number of aromatic nitrogens is 1. The number of aliphatic imine (C=N–C) groups is 1. The molecule has 0 radical (unpaired) electrons. The van der Waals surface area contributed by atoms with Gasteiger partial charge in [-0.1, -0.05) is 12.1 Å². The summed E-state index contributed by atoms with van der Waals surface area (Å²) in [7, 11) is 0. The Labute approximate surface area is 224 Å². The number of carboxylic acid groups (broad SMARTS) is 1. The number of benzene rings is 2. The Kier molecular flexibility index (Phi) is 10.9. The number of carboxylic acids is 1. The van der Waals surface area contributed by atoms with Crippen molar-refractivity contribution >= 4 is 30.4 Å². The van der Waals surface area contributed by atoms with Gasteiger partial charge in [0, 0.05) is 18.3 Å². The number of urea groups is 1. The van der Waals surface area contributed by atoms with Crippen LogP contribution in [0.5, 0.6) is 17.2 Å². The standard InChI is InChI=1S/C26H28FN5O5.CH2O/c1-16-10-19(6-9-22(16)37-21-11-18(27)13-28-14-21)31-24(30-15-26(2,3)23(34)35)32-25(36)29-12-17-4-7-20(33)8-5-17;1-2/h4-11,13-14,33H,12,15H2,1-3H3,(H,34,35)(H3,29,30,31,32,36);1H2. The number of amides is 2. The highest BCUT2D eigenvalue weighted by atomic mass is 19.1. The van der Waals surface area contributed by atoms with Crippen molar-refractivity contribution in [2.75, 3.05) is 11.9 Å². The van der Waals surface area contributed by atoms with Gasteiger partial charge in [-0.05, 0) is 62.2 Å². The van der Waals surface area contributed by atoms with Gasteiger partial charge in [0.05, 0.1) is 24.4 Å². The maximum Gasteiger partial charge on any atom is 0.321 e. The number of aliphatic carboxylic acids is 1. The maximum absolute atomic E-state index is 13.4. The number of anilines is 1. The Morgan fingerprint density at radius 2 is 1.79 bits per heavy atom. The molecule has 2 amide bonds. The van der Waals surface area contributed by atoms with Crippen LogP contribution in [0.4, 0.5) is 14.9 Å². The topological polar surface area (TPSA) is 162 Å². The first-order valence-electron chi connectivity index (χ1n) is 11.6. The number of hydrogen-bond acceptors (Lipinski definition) is 7. The van der Waals surface area contributed by atoms with Crippen LogP contribution >= 0.6 is 0 Å². The lowest BCUT2D eigenvalue weighted by molar-refractivity contribution is -0.146. The molecule has 1 heterocycles. The summed E-state index contributed by atoms with van der Waals surface area (Å²) < 4.78 is 19.1. The van der Waals surface area contributed by atoms with E-state index in [1.165, 1.54) is 38.2 Å². The minimum atomic E-state index is -1.16. The number of rotatable bonds is 8. The zero-order chi connectivity index (χ0) is 29.0. The van der Waals surface area contributed by atoms with Crippen LogP contribution in [0, 0.1) is 18.2 Å². The van der Waals surface area contributed by atoms with Crippen LogP contribution in [0.25, 0.3) is 0 Å². The number of phenols is 1. The molecule has 12 heteroatoms. The van der Waals surface area contributed by atoms with E-state index in [4.69, 9.17) is 9.53 Å². The number of aryl methyl sites for hydroxylation is 1. The molecule has 11 nitrogen and oxygen atoms in total. The number of nitrogens with zero attached hydrogens (tertiary/aromatic N) is 2. The summed E-state index contributed by atoms with van der Waals surface area (Å²) in [5, 5.41) is 27.1. The molecule has 3 rings (SSSR count). The Hall–Kier alpha value is -5.00. The summed E-state index contributed by atoms with van der Waals surface area (Å²) in [4.78, 5) is 40.1. The molecule has 1 aromatic heterocycles. The number of ether oxygens (including phenoxy) is 1. The molecule has 0 aliphatic carbocycles. The van der Waals surface area contributed by atoms with Crippen molar-refractivity contribution in [3.63, 3.8) is 0 Å². The summed E-state index contributed by atoms with van der Waals surface area (Å²) in [5.41, 5.74) is 0.860. The van der Waals surface area contributed by atoms with Gasteiger partial charge in [0.25, 0.3) is 0 Å². The third-order valence-corrected chi connectivity index (χ3v) is 5.18. The second-order valence-electron chi connectivity index (χ2n) is 8.87. The Bertz CT molecular complexity index is 1310. The lowest BCUT2D eigenvalue weighted by Crippen LogP contribution is -2.43. The molecule has 0 atom stereocenters. The quantitative estimate of drug-likeness (QED) is 0.210. The van der Waals surface area contributed by atoms with E-state index in [0.717, 1.165) is 11.8 Å². The molecule has 0 bridgehead atoms. The summed E-state index contributed by atoms with van der Waals surface area (Å²) >= 11 is 0. The van der Waals surface area contributed by atoms with Crippen molar-refractivity contribution < 1.29 is 33.7 Å². The molecule has 206 valence electrons. The van der Waals surface area contributed by atoms with Crippen LogP contribution < -0.4 is 20.7 Å². The van der Waals surface area contributed by atoms with Gasteiger partial charge in [-0.3, -0.25) is 20.1 Å². The van der Waals surface area contributed by atoms with Crippen LogP contribution in [0.2, 0.25) is 0 Å². The molecule has 0 spiro atoms. The van der Waals surface area contributed by atoms with Crippen molar-refractivity contribution in [1.29, 1.82) is 0 Å². The van der Waals surface area contributed by atoms with Gasteiger partial charge in [-0.15, -0.1) is 0 Å². The van der Waals surface area contributed by atoms with E-state index >= 15 is 0 Å².